The molecule has 0 radical (unpaired) electrons. The molecule has 1 N–H and O–H groups in total. The zero-order chi connectivity index (χ0) is 14.2. The van der Waals surface area contributed by atoms with Gasteiger partial charge in [0, 0.05) is 22.5 Å². The van der Waals surface area contributed by atoms with E-state index in [0.29, 0.717) is 12.1 Å². The first-order valence-corrected chi connectivity index (χ1v) is 8.65. The zero-order valence-electron chi connectivity index (χ0n) is 12.0. The Bertz CT molecular complexity index is 618. The van der Waals surface area contributed by atoms with Crippen molar-refractivity contribution in [2.24, 2.45) is 0 Å². The minimum absolute atomic E-state index is 0.709. The van der Waals surface area contributed by atoms with Gasteiger partial charge in [0.1, 0.15) is 0 Å². The minimum atomic E-state index is 0.709. The van der Waals surface area contributed by atoms with Crippen molar-refractivity contribution in [3.8, 4) is 0 Å². The molecule has 1 nitrogen and oxygen atoms in total. The monoisotopic (exact) mass is 341 g/mol. The lowest BCUT2D eigenvalue weighted by Gasteiger charge is -2.36. The number of hydrogen-bond acceptors (Lipinski definition) is 1. The average molecular weight is 342 g/mol. The number of rotatable bonds is 4. The van der Waals surface area contributed by atoms with Crippen molar-refractivity contribution in [1.82, 2.24) is 5.32 Å². The van der Waals surface area contributed by atoms with Gasteiger partial charge >= 0.3 is 0 Å². The Morgan fingerprint density at radius 3 is 2.38 bits per heavy atom. The highest BCUT2D eigenvalue weighted by molar-refractivity contribution is 9.10. The maximum atomic E-state index is 3.84. The average Bonchev–Trinajstić information content (AvgIpc) is 3.23. The van der Waals surface area contributed by atoms with Crippen molar-refractivity contribution in [3.63, 3.8) is 0 Å². The zero-order valence-corrected chi connectivity index (χ0v) is 13.6. The fourth-order valence-electron chi connectivity index (χ4n) is 3.54. The third-order valence-electron chi connectivity index (χ3n) is 4.93. The first-order chi connectivity index (χ1) is 10.3. The molecule has 2 atom stereocenters. The standard InChI is InChI=1S/C19H20BrN/c20-16-8-4-7-14(9-16)15-10-17(11-15)21-19-12-18(19)13-5-2-1-3-6-13/h1-9,15,17-19,21H,10-12H2. The quantitative estimate of drug-likeness (QED) is 0.838. The Labute approximate surface area is 134 Å². The summed E-state index contributed by atoms with van der Waals surface area (Å²) < 4.78 is 1.20. The summed E-state index contributed by atoms with van der Waals surface area (Å²) >= 11 is 3.57. The molecule has 0 amide bonds. The first kappa shape index (κ1) is 13.5. The van der Waals surface area contributed by atoms with Gasteiger partial charge in [0.25, 0.3) is 0 Å². The van der Waals surface area contributed by atoms with E-state index in [2.05, 4.69) is 75.8 Å². The third kappa shape index (κ3) is 2.93. The Morgan fingerprint density at radius 1 is 0.857 bits per heavy atom. The molecule has 0 saturated heterocycles. The van der Waals surface area contributed by atoms with Gasteiger partial charge in [0.15, 0.2) is 0 Å². The minimum Gasteiger partial charge on any atom is -0.311 e. The molecule has 0 heterocycles. The highest BCUT2D eigenvalue weighted by Crippen LogP contribution is 2.44. The summed E-state index contributed by atoms with van der Waals surface area (Å²) in [5.41, 5.74) is 2.98. The van der Waals surface area contributed by atoms with E-state index in [0.717, 1.165) is 11.8 Å². The molecule has 108 valence electrons. The summed E-state index contributed by atoms with van der Waals surface area (Å²) in [4.78, 5) is 0. The molecule has 0 spiro atoms. The van der Waals surface area contributed by atoms with Gasteiger partial charge in [-0.3, -0.25) is 0 Å². The Balaban J connectivity index is 1.28. The van der Waals surface area contributed by atoms with E-state index in [1.165, 1.54) is 34.9 Å². The molecule has 2 aromatic rings. The number of hydrogen-bond donors (Lipinski definition) is 1. The van der Waals surface area contributed by atoms with E-state index in [1.54, 1.807) is 0 Å². The lowest BCUT2D eigenvalue weighted by Crippen LogP contribution is -2.41. The molecule has 0 aromatic heterocycles. The molecule has 21 heavy (non-hydrogen) atoms. The van der Waals surface area contributed by atoms with Crippen molar-refractivity contribution >= 4 is 15.9 Å². The first-order valence-electron chi connectivity index (χ1n) is 7.86. The lowest BCUT2D eigenvalue weighted by atomic mass is 9.76. The highest BCUT2D eigenvalue weighted by atomic mass is 79.9. The number of benzene rings is 2. The highest BCUT2D eigenvalue weighted by Gasteiger charge is 2.42. The molecule has 2 fully saturated rings. The maximum absolute atomic E-state index is 3.84. The molecule has 2 aliphatic carbocycles. The van der Waals surface area contributed by atoms with E-state index >= 15 is 0 Å². The van der Waals surface area contributed by atoms with E-state index in [9.17, 15) is 0 Å². The van der Waals surface area contributed by atoms with Crippen molar-refractivity contribution in [2.75, 3.05) is 0 Å². The molecule has 2 saturated carbocycles. The van der Waals surface area contributed by atoms with Crippen molar-refractivity contribution < 1.29 is 0 Å². The van der Waals surface area contributed by atoms with Crippen molar-refractivity contribution in [2.45, 2.75) is 43.2 Å². The van der Waals surface area contributed by atoms with Gasteiger partial charge in [-0.15, -0.1) is 0 Å². The van der Waals surface area contributed by atoms with E-state index in [-0.39, 0.29) is 0 Å². The molecular weight excluding hydrogens is 322 g/mol. The Morgan fingerprint density at radius 2 is 1.62 bits per heavy atom. The van der Waals surface area contributed by atoms with Crippen LogP contribution in [0, 0.1) is 0 Å². The summed E-state index contributed by atoms with van der Waals surface area (Å²) in [6.45, 7) is 0. The Hall–Kier alpha value is -1.12. The van der Waals surface area contributed by atoms with E-state index < -0.39 is 0 Å². The van der Waals surface area contributed by atoms with Crippen LogP contribution in [0.2, 0.25) is 0 Å². The van der Waals surface area contributed by atoms with Crippen LogP contribution < -0.4 is 5.32 Å². The van der Waals surface area contributed by atoms with Gasteiger partial charge in [0.05, 0.1) is 0 Å². The molecule has 0 aliphatic heterocycles. The molecule has 2 aliphatic rings. The second-order valence-corrected chi connectivity index (χ2v) is 7.36. The van der Waals surface area contributed by atoms with Gasteiger partial charge < -0.3 is 5.32 Å². The molecule has 4 rings (SSSR count). The third-order valence-corrected chi connectivity index (χ3v) is 5.42. The van der Waals surface area contributed by atoms with Gasteiger partial charge in [-0.05, 0) is 48.4 Å². The molecule has 2 aromatic carbocycles. The van der Waals surface area contributed by atoms with Crippen LogP contribution in [-0.2, 0) is 0 Å². The number of halogens is 1. The second-order valence-electron chi connectivity index (χ2n) is 6.45. The second kappa shape index (κ2) is 5.58. The van der Waals surface area contributed by atoms with Crippen molar-refractivity contribution in [1.29, 1.82) is 0 Å². The summed E-state index contributed by atoms with van der Waals surface area (Å²) in [5.74, 6) is 1.49. The lowest BCUT2D eigenvalue weighted by molar-refractivity contribution is 0.287. The summed E-state index contributed by atoms with van der Waals surface area (Å²) in [5, 5.41) is 3.84. The number of nitrogens with one attached hydrogen (secondary N) is 1. The van der Waals surface area contributed by atoms with Crippen LogP contribution in [0.25, 0.3) is 0 Å². The molecular formula is C19H20BrN. The van der Waals surface area contributed by atoms with E-state index in [1.807, 2.05) is 0 Å². The molecule has 0 bridgehead atoms. The molecule has 2 heteroatoms. The predicted octanol–water partition coefficient (Wildman–Crippen LogP) is 4.84. The normalized spacial score (nSPS) is 30.7. The van der Waals surface area contributed by atoms with Crippen LogP contribution in [0.15, 0.2) is 59.1 Å². The Kier molecular flexibility index (Phi) is 3.60. The van der Waals surface area contributed by atoms with Crippen molar-refractivity contribution in [3.05, 3.63) is 70.2 Å². The summed E-state index contributed by atoms with van der Waals surface area (Å²) in [7, 11) is 0. The van der Waals surface area contributed by atoms with Gasteiger partial charge in [-0.1, -0.05) is 58.4 Å². The maximum Gasteiger partial charge on any atom is 0.0178 e. The van der Waals surface area contributed by atoms with Crippen LogP contribution in [0.1, 0.15) is 42.2 Å². The van der Waals surface area contributed by atoms with Crippen LogP contribution >= 0.6 is 15.9 Å². The SMILES string of the molecule is Brc1cccc(C2CC(NC3CC3c3ccccc3)C2)c1. The van der Waals surface area contributed by atoms with Crippen LogP contribution in [0.3, 0.4) is 0 Å². The van der Waals surface area contributed by atoms with Crippen LogP contribution in [-0.4, -0.2) is 12.1 Å². The largest absolute Gasteiger partial charge is 0.311 e. The smallest absolute Gasteiger partial charge is 0.0178 e. The predicted molar refractivity (Wildman–Crippen MR) is 90.6 cm³/mol. The fraction of sp³-hybridized carbons (Fsp3) is 0.368. The summed E-state index contributed by atoms with van der Waals surface area (Å²) in [6.07, 6.45) is 3.88. The van der Waals surface area contributed by atoms with E-state index in [4.69, 9.17) is 0 Å². The van der Waals surface area contributed by atoms with Crippen LogP contribution in [0.4, 0.5) is 0 Å². The fourth-order valence-corrected chi connectivity index (χ4v) is 3.95. The summed E-state index contributed by atoms with van der Waals surface area (Å²) in [6, 6.07) is 21.1. The van der Waals surface area contributed by atoms with Gasteiger partial charge in [-0.2, -0.15) is 0 Å². The topological polar surface area (TPSA) is 12.0 Å². The van der Waals surface area contributed by atoms with Crippen LogP contribution in [0.5, 0.6) is 0 Å². The van der Waals surface area contributed by atoms with Gasteiger partial charge in [0.2, 0.25) is 0 Å². The molecule has 2 unspecified atom stereocenters. The van der Waals surface area contributed by atoms with Gasteiger partial charge in [-0.25, -0.2) is 0 Å².